The molecule has 7 heteroatoms. The molecule has 2 saturated heterocycles. The molecule has 2 aliphatic rings. The minimum atomic E-state index is -1.11. The second-order valence-corrected chi connectivity index (χ2v) is 5.64. The highest BCUT2D eigenvalue weighted by atomic mass is 16.4. The van der Waals surface area contributed by atoms with Crippen molar-refractivity contribution in [1.82, 2.24) is 15.1 Å². The summed E-state index contributed by atoms with van der Waals surface area (Å²) >= 11 is 0. The molecule has 114 valence electrons. The van der Waals surface area contributed by atoms with E-state index in [0.29, 0.717) is 12.6 Å². The van der Waals surface area contributed by atoms with Crippen LogP contribution in [-0.2, 0) is 4.79 Å². The van der Waals surface area contributed by atoms with Crippen molar-refractivity contribution in [3.8, 4) is 0 Å². The fourth-order valence-electron chi connectivity index (χ4n) is 3.09. The van der Waals surface area contributed by atoms with E-state index in [1.165, 1.54) is 0 Å². The minimum Gasteiger partial charge on any atom is -0.480 e. The SMILES string of the molecule is CC1CN2CCCC2CN1C(=O)NC(CCO)C(=O)O. The van der Waals surface area contributed by atoms with Gasteiger partial charge in [-0.1, -0.05) is 0 Å². The number of aliphatic hydroxyl groups is 1. The number of amides is 2. The lowest BCUT2D eigenvalue weighted by atomic mass is 10.1. The monoisotopic (exact) mass is 285 g/mol. The summed E-state index contributed by atoms with van der Waals surface area (Å²) in [4.78, 5) is 27.4. The number of aliphatic carboxylic acids is 1. The number of carbonyl (C=O) groups excluding carboxylic acids is 1. The number of piperazine rings is 1. The van der Waals surface area contributed by atoms with Crippen LogP contribution in [-0.4, -0.2) is 76.4 Å². The quantitative estimate of drug-likeness (QED) is 0.659. The maximum Gasteiger partial charge on any atom is 0.326 e. The van der Waals surface area contributed by atoms with Crippen LogP contribution in [0.1, 0.15) is 26.2 Å². The summed E-state index contributed by atoms with van der Waals surface area (Å²) in [6, 6.07) is -0.891. The fraction of sp³-hybridized carbons (Fsp3) is 0.846. The van der Waals surface area contributed by atoms with Gasteiger partial charge in [0, 0.05) is 38.2 Å². The largest absolute Gasteiger partial charge is 0.480 e. The number of nitrogens with zero attached hydrogens (tertiary/aromatic N) is 2. The molecule has 20 heavy (non-hydrogen) atoms. The third-order valence-electron chi connectivity index (χ3n) is 4.21. The van der Waals surface area contributed by atoms with Gasteiger partial charge in [0.1, 0.15) is 6.04 Å². The average molecular weight is 285 g/mol. The van der Waals surface area contributed by atoms with Crippen molar-refractivity contribution in [2.75, 3.05) is 26.2 Å². The molecule has 2 amide bonds. The van der Waals surface area contributed by atoms with Crippen LogP contribution in [0.3, 0.4) is 0 Å². The Morgan fingerprint density at radius 1 is 1.40 bits per heavy atom. The van der Waals surface area contributed by atoms with Crippen LogP contribution in [0.5, 0.6) is 0 Å². The number of carbonyl (C=O) groups is 2. The van der Waals surface area contributed by atoms with Gasteiger partial charge in [0.05, 0.1) is 0 Å². The predicted octanol–water partition coefficient (Wildman–Crippen LogP) is -0.300. The van der Waals surface area contributed by atoms with E-state index in [1.54, 1.807) is 4.90 Å². The van der Waals surface area contributed by atoms with Crippen LogP contribution < -0.4 is 5.32 Å². The van der Waals surface area contributed by atoms with E-state index in [1.807, 2.05) is 6.92 Å². The Morgan fingerprint density at radius 2 is 2.15 bits per heavy atom. The molecule has 0 radical (unpaired) electrons. The summed E-state index contributed by atoms with van der Waals surface area (Å²) < 4.78 is 0. The molecule has 3 unspecified atom stereocenters. The van der Waals surface area contributed by atoms with Crippen LogP contribution in [0.25, 0.3) is 0 Å². The van der Waals surface area contributed by atoms with Crippen LogP contribution in [0.15, 0.2) is 0 Å². The summed E-state index contributed by atoms with van der Waals surface area (Å²) in [6.07, 6.45) is 2.28. The molecule has 2 fully saturated rings. The lowest BCUT2D eigenvalue weighted by Crippen LogP contribution is -2.60. The van der Waals surface area contributed by atoms with E-state index in [0.717, 1.165) is 25.9 Å². The zero-order valence-electron chi connectivity index (χ0n) is 11.8. The predicted molar refractivity (Wildman–Crippen MR) is 72.4 cm³/mol. The van der Waals surface area contributed by atoms with Gasteiger partial charge in [-0.3, -0.25) is 4.90 Å². The van der Waals surface area contributed by atoms with Crippen molar-refractivity contribution in [3.63, 3.8) is 0 Å². The van der Waals surface area contributed by atoms with E-state index >= 15 is 0 Å². The van der Waals surface area contributed by atoms with Crippen molar-refractivity contribution < 1.29 is 19.8 Å². The molecule has 2 rings (SSSR count). The van der Waals surface area contributed by atoms with E-state index < -0.39 is 12.0 Å². The van der Waals surface area contributed by atoms with Crippen LogP contribution in [0.4, 0.5) is 4.79 Å². The molecule has 0 bridgehead atoms. The molecule has 0 spiro atoms. The molecule has 0 aliphatic carbocycles. The normalized spacial score (nSPS) is 28.0. The minimum absolute atomic E-state index is 0.0266. The Kier molecular flexibility index (Phi) is 4.82. The molecular weight excluding hydrogens is 262 g/mol. The smallest absolute Gasteiger partial charge is 0.326 e. The van der Waals surface area contributed by atoms with E-state index in [9.17, 15) is 9.59 Å². The summed E-state index contributed by atoms with van der Waals surface area (Å²) in [5, 5.41) is 20.4. The highest BCUT2D eigenvalue weighted by Gasteiger charge is 2.37. The van der Waals surface area contributed by atoms with E-state index in [2.05, 4.69) is 10.2 Å². The lowest BCUT2D eigenvalue weighted by molar-refractivity contribution is -0.139. The van der Waals surface area contributed by atoms with Crippen LogP contribution in [0, 0.1) is 0 Å². The van der Waals surface area contributed by atoms with Crippen LogP contribution >= 0.6 is 0 Å². The molecule has 3 N–H and O–H groups in total. The van der Waals surface area contributed by atoms with E-state index in [4.69, 9.17) is 10.2 Å². The first-order valence-corrected chi connectivity index (χ1v) is 7.17. The third kappa shape index (κ3) is 3.21. The molecule has 2 aliphatic heterocycles. The number of aliphatic hydroxyl groups excluding tert-OH is 1. The van der Waals surface area contributed by atoms with Gasteiger partial charge in [-0.05, 0) is 26.3 Å². The number of carboxylic acids is 1. The molecule has 3 atom stereocenters. The fourth-order valence-corrected chi connectivity index (χ4v) is 3.09. The van der Waals surface area contributed by atoms with Gasteiger partial charge in [-0.15, -0.1) is 0 Å². The van der Waals surface area contributed by atoms with Crippen molar-refractivity contribution in [1.29, 1.82) is 0 Å². The van der Waals surface area contributed by atoms with Gasteiger partial charge >= 0.3 is 12.0 Å². The Labute approximate surface area is 118 Å². The molecule has 2 heterocycles. The number of urea groups is 1. The van der Waals surface area contributed by atoms with E-state index in [-0.39, 0.29) is 25.1 Å². The molecule has 0 aromatic carbocycles. The first kappa shape index (κ1) is 15.1. The summed E-state index contributed by atoms with van der Waals surface area (Å²) in [7, 11) is 0. The van der Waals surface area contributed by atoms with Gasteiger partial charge in [0.2, 0.25) is 0 Å². The first-order chi connectivity index (χ1) is 9.52. The number of fused-ring (bicyclic) bond motifs is 1. The summed E-state index contributed by atoms with van der Waals surface area (Å²) in [5.41, 5.74) is 0. The Balaban J connectivity index is 1.95. The highest BCUT2D eigenvalue weighted by molar-refractivity contribution is 5.82. The number of hydrogen-bond acceptors (Lipinski definition) is 4. The second-order valence-electron chi connectivity index (χ2n) is 5.64. The Hall–Kier alpha value is -1.34. The number of nitrogens with one attached hydrogen (secondary N) is 1. The topological polar surface area (TPSA) is 93.1 Å². The van der Waals surface area contributed by atoms with Gasteiger partial charge in [-0.2, -0.15) is 0 Å². The van der Waals surface area contributed by atoms with Crippen molar-refractivity contribution in [2.24, 2.45) is 0 Å². The second kappa shape index (κ2) is 6.41. The van der Waals surface area contributed by atoms with Gasteiger partial charge in [0.15, 0.2) is 0 Å². The van der Waals surface area contributed by atoms with Crippen molar-refractivity contribution in [2.45, 2.75) is 44.3 Å². The average Bonchev–Trinajstić information content (AvgIpc) is 2.83. The van der Waals surface area contributed by atoms with Gasteiger partial charge in [0.25, 0.3) is 0 Å². The standard InChI is InChI=1S/C13H23N3O4/c1-9-7-15-5-2-3-10(15)8-16(9)13(20)14-11(4-6-17)12(18)19/h9-11,17H,2-8H2,1H3,(H,14,20)(H,18,19). The zero-order valence-corrected chi connectivity index (χ0v) is 11.8. The molecule has 7 nitrogen and oxygen atoms in total. The zero-order chi connectivity index (χ0) is 14.7. The maximum absolute atomic E-state index is 12.2. The summed E-state index contributed by atoms with van der Waals surface area (Å²) in [6.45, 7) is 4.31. The van der Waals surface area contributed by atoms with Gasteiger partial charge in [-0.25, -0.2) is 9.59 Å². The van der Waals surface area contributed by atoms with Gasteiger partial charge < -0.3 is 20.4 Å². The van der Waals surface area contributed by atoms with Crippen molar-refractivity contribution in [3.05, 3.63) is 0 Å². The number of hydrogen-bond donors (Lipinski definition) is 3. The molecule has 0 saturated carbocycles. The Bertz CT molecular complexity index is 377. The number of rotatable bonds is 4. The highest BCUT2D eigenvalue weighted by Crippen LogP contribution is 2.24. The molecule has 0 aromatic heterocycles. The lowest BCUT2D eigenvalue weighted by Gasteiger charge is -2.42. The molecule has 0 aromatic rings. The molecular formula is C13H23N3O4. The summed E-state index contributed by atoms with van der Waals surface area (Å²) in [5.74, 6) is -1.11. The van der Waals surface area contributed by atoms with Crippen molar-refractivity contribution >= 4 is 12.0 Å². The maximum atomic E-state index is 12.2. The number of carboxylic acid groups (broad SMARTS) is 1. The van der Waals surface area contributed by atoms with Crippen LogP contribution in [0.2, 0.25) is 0 Å². The Morgan fingerprint density at radius 3 is 2.80 bits per heavy atom. The third-order valence-corrected chi connectivity index (χ3v) is 4.21. The first-order valence-electron chi connectivity index (χ1n) is 7.17.